The van der Waals surface area contributed by atoms with Gasteiger partial charge in [0.1, 0.15) is 10.7 Å². The number of aromatic amines is 1. The highest BCUT2D eigenvalue weighted by Gasteiger charge is 2.19. The Bertz CT molecular complexity index is 1180. The molecule has 1 N–H and O–H groups in total. The Labute approximate surface area is 178 Å². The maximum absolute atomic E-state index is 12.8. The molecule has 1 aliphatic heterocycles. The van der Waals surface area contributed by atoms with Crippen molar-refractivity contribution >= 4 is 21.6 Å². The van der Waals surface area contributed by atoms with Crippen LogP contribution in [-0.4, -0.2) is 50.9 Å². The first-order chi connectivity index (χ1) is 14.8. The minimum atomic E-state index is -0.0520. The fraction of sp³-hybridized carbons (Fsp3) is 0.261. The van der Waals surface area contributed by atoms with Gasteiger partial charge in [0.25, 0.3) is 5.56 Å². The van der Waals surface area contributed by atoms with Crippen LogP contribution in [0.3, 0.4) is 0 Å². The van der Waals surface area contributed by atoms with E-state index in [0.717, 1.165) is 60.2 Å². The summed E-state index contributed by atoms with van der Waals surface area (Å²) in [5.41, 5.74) is 3.06. The van der Waals surface area contributed by atoms with E-state index in [9.17, 15) is 4.79 Å². The van der Waals surface area contributed by atoms with Crippen LogP contribution in [0, 0.1) is 0 Å². The van der Waals surface area contributed by atoms with Crippen molar-refractivity contribution in [1.82, 2.24) is 24.8 Å². The highest BCUT2D eigenvalue weighted by atomic mass is 32.1. The van der Waals surface area contributed by atoms with Crippen LogP contribution in [0.15, 0.2) is 64.9 Å². The topological polar surface area (TPSA) is 65.1 Å². The zero-order valence-corrected chi connectivity index (χ0v) is 17.4. The number of fused-ring (bicyclic) bond motifs is 1. The van der Waals surface area contributed by atoms with E-state index in [2.05, 4.69) is 25.8 Å². The van der Waals surface area contributed by atoms with E-state index in [-0.39, 0.29) is 5.56 Å². The Hall–Kier alpha value is -2.87. The quantitative estimate of drug-likeness (QED) is 0.539. The molecule has 0 aliphatic carbocycles. The predicted molar refractivity (Wildman–Crippen MR) is 120 cm³/mol. The van der Waals surface area contributed by atoms with Crippen LogP contribution >= 0.6 is 11.3 Å². The van der Waals surface area contributed by atoms with Crippen LogP contribution in [0.1, 0.15) is 11.5 Å². The van der Waals surface area contributed by atoms with Gasteiger partial charge in [-0.3, -0.25) is 19.6 Å². The predicted octanol–water partition coefficient (Wildman–Crippen LogP) is 3.36. The zero-order chi connectivity index (χ0) is 20.3. The second-order valence-corrected chi connectivity index (χ2v) is 8.44. The van der Waals surface area contributed by atoms with Crippen LogP contribution in [0.5, 0.6) is 0 Å². The number of aromatic nitrogens is 3. The van der Waals surface area contributed by atoms with Crippen LogP contribution in [-0.2, 0) is 13.1 Å². The molecule has 3 aromatic heterocycles. The number of hydrogen-bond donors (Lipinski definition) is 1. The third kappa shape index (κ3) is 4.05. The number of benzene rings is 1. The molecule has 1 saturated heterocycles. The van der Waals surface area contributed by atoms with Gasteiger partial charge in [-0.05, 0) is 17.7 Å². The lowest BCUT2D eigenvalue weighted by atomic mass is 10.1. The smallest absolute Gasteiger partial charge is 0.260 e. The molecule has 0 atom stereocenters. The van der Waals surface area contributed by atoms with Gasteiger partial charge in [-0.25, -0.2) is 4.98 Å². The van der Waals surface area contributed by atoms with Crippen molar-refractivity contribution in [3.63, 3.8) is 0 Å². The lowest BCUT2D eigenvalue weighted by Gasteiger charge is -2.34. The summed E-state index contributed by atoms with van der Waals surface area (Å²) in [5, 5.41) is 2.72. The van der Waals surface area contributed by atoms with Crippen molar-refractivity contribution in [3.8, 4) is 11.1 Å². The number of nitrogens with zero attached hydrogens (tertiary/aromatic N) is 4. The lowest BCUT2D eigenvalue weighted by Crippen LogP contribution is -2.45. The number of pyridine rings is 1. The van der Waals surface area contributed by atoms with Gasteiger partial charge in [-0.1, -0.05) is 36.4 Å². The zero-order valence-electron chi connectivity index (χ0n) is 16.6. The van der Waals surface area contributed by atoms with Gasteiger partial charge in [-0.15, -0.1) is 11.3 Å². The summed E-state index contributed by atoms with van der Waals surface area (Å²) >= 11 is 1.54. The van der Waals surface area contributed by atoms with Crippen molar-refractivity contribution in [2.24, 2.45) is 0 Å². The molecule has 0 bridgehead atoms. The Kier molecular flexibility index (Phi) is 5.40. The molecule has 30 heavy (non-hydrogen) atoms. The molecule has 0 unspecified atom stereocenters. The number of hydrogen-bond acceptors (Lipinski definition) is 6. The molecule has 5 rings (SSSR count). The summed E-state index contributed by atoms with van der Waals surface area (Å²) < 4.78 is 0. The summed E-state index contributed by atoms with van der Waals surface area (Å²) in [6, 6.07) is 16.1. The Morgan fingerprint density at radius 1 is 0.933 bits per heavy atom. The summed E-state index contributed by atoms with van der Waals surface area (Å²) in [6.45, 7) is 5.43. The highest BCUT2D eigenvalue weighted by molar-refractivity contribution is 7.17. The SMILES string of the molecule is O=c1[nH]c(CN2CCN(Cc3ccccn3)CC2)nc2scc(-c3ccccc3)c12. The first-order valence-electron chi connectivity index (χ1n) is 10.2. The van der Waals surface area contributed by atoms with E-state index in [1.54, 1.807) is 0 Å². The molecule has 0 amide bonds. The molecule has 4 aromatic rings. The van der Waals surface area contributed by atoms with Crippen molar-refractivity contribution in [1.29, 1.82) is 0 Å². The fourth-order valence-electron chi connectivity index (χ4n) is 3.94. The van der Waals surface area contributed by atoms with E-state index in [1.165, 1.54) is 11.3 Å². The molecule has 1 aliphatic rings. The molecule has 152 valence electrons. The number of rotatable bonds is 5. The number of piperazine rings is 1. The second-order valence-electron chi connectivity index (χ2n) is 7.58. The van der Waals surface area contributed by atoms with Crippen molar-refractivity contribution in [2.45, 2.75) is 13.1 Å². The average Bonchev–Trinajstić information content (AvgIpc) is 3.21. The molecule has 1 aromatic carbocycles. The molecule has 4 heterocycles. The van der Waals surface area contributed by atoms with Crippen LogP contribution in [0.25, 0.3) is 21.3 Å². The molecule has 0 saturated carbocycles. The van der Waals surface area contributed by atoms with Crippen molar-refractivity contribution in [2.75, 3.05) is 26.2 Å². The molecular formula is C23H23N5OS. The monoisotopic (exact) mass is 417 g/mol. The first-order valence-corrected chi connectivity index (χ1v) is 11.0. The fourth-order valence-corrected chi connectivity index (χ4v) is 4.90. The maximum Gasteiger partial charge on any atom is 0.260 e. The van der Waals surface area contributed by atoms with Crippen molar-refractivity contribution < 1.29 is 0 Å². The van der Waals surface area contributed by atoms with Gasteiger partial charge in [0.05, 0.1) is 17.6 Å². The van der Waals surface area contributed by atoms with Gasteiger partial charge in [0.15, 0.2) is 0 Å². The third-order valence-electron chi connectivity index (χ3n) is 5.53. The normalized spacial score (nSPS) is 15.6. The standard InChI is InChI=1S/C23H23N5OS/c29-22-21-19(17-6-2-1-3-7-17)16-30-23(21)26-20(25-22)15-28-12-10-27(11-13-28)14-18-8-4-5-9-24-18/h1-9,16H,10-15H2,(H,25,26,29). The summed E-state index contributed by atoms with van der Waals surface area (Å²) in [4.78, 5) is 30.6. The summed E-state index contributed by atoms with van der Waals surface area (Å²) in [5.74, 6) is 0.743. The first kappa shape index (κ1) is 19.1. The van der Waals surface area contributed by atoms with Gasteiger partial charge in [0, 0.05) is 49.9 Å². The molecule has 0 spiro atoms. The number of thiophene rings is 1. The second kappa shape index (κ2) is 8.47. The molecular weight excluding hydrogens is 394 g/mol. The summed E-state index contributed by atoms with van der Waals surface area (Å²) in [6.07, 6.45) is 1.84. The van der Waals surface area contributed by atoms with Crippen LogP contribution in [0.4, 0.5) is 0 Å². The van der Waals surface area contributed by atoms with Gasteiger partial charge in [-0.2, -0.15) is 0 Å². The van der Waals surface area contributed by atoms with Crippen LogP contribution < -0.4 is 5.56 Å². The van der Waals surface area contributed by atoms with Gasteiger partial charge in [0.2, 0.25) is 0 Å². The van der Waals surface area contributed by atoms with E-state index < -0.39 is 0 Å². The molecule has 6 nitrogen and oxygen atoms in total. The van der Waals surface area contributed by atoms with Crippen molar-refractivity contribution in [3.05, 3.63) is 82.0 Å². The highest BCUT2D eigenvalue weighted by Crippen LogP contribution is 2.30. The van der Waals surface area contributed by atoms with E-state index in [0.29, 0.717) is 11.9 Å². The minimum Gasteiger partial charge on any atom is -0.309 e. The van der Waals surface area contributed by atoms with Gasteiger partial charge < -0.3 is 4.98 Å². The maximum atomic E-state index is 12.8. The largest absolute Gasteiger partial charge is 0.309 e. The average molecular weight is 418 g/mol. The van der Waals surface area contributed by atoms with Gasteiger partial charge >= 0.3 is 0 Å². The number of H-pyrrole nitrogens is 1. The third-order valence-corrected chi connectivity index (χ3v) is 6.40. The lowest BCUT2D eigenvalue weighted by molar-refractivity contribution is 0.119. The van der Waals surface area contributed by atoms with Crippen LogP contribution in [0.2, 0.25) is 0 Å². The minimum absolute atomic E-state index is 0.0520. The molecule has 0 radical (unpaired) electrons. The summed E-state index contributed by atoms with van der Waals surface area (Å²) in [7, 11) is 0. The van der Waals surface area contributed by atoms with E-state index >= 15 is 0 Å². The number of nitrogens with one attached hydrogen (secondary N) is 1. The Balaban J connectivity index is 1.27. The Morgan fingerprint density at radius 3 is 2.40 bits per heavy atom. The molecule has 1 fully saturated rings. The Morgan fingerprint density at radius 2 is 1.67 bits per heavy atom. The van der Waals surface area contributed by atoms with E-state index in [1.807, 2.05) is 54.0 Å². The molecule has 7 heteroatoms. The van der Waals surface area contributed by atoms with E-state index in [4.69, 9.17) is 4.98 Å².